The van der Waals surface area contributed by atoms with Crippen LogP contribution in [0, 0.1) is 10.1 Å². The van der Waals surface area contributed by atoms with Crippen molar-refractivity contribution in [3.63, 3.8) is 0 Å². The Hall–Kier alpha value is -1.96. The van der Waals surface area contributed by atoms with Crippen molar-refractivity contribution in [2.45, 2.75) is 26.2 Å². The smallest absolute Gasteiger partial charge is 0.329 e. The lowest BCUT2D eigenvalue weighted by Crippen LogP contribution is -2.33. The van der Waals surface area contributed by atoms with Crippen LogP contribution in [-0.2, 0) is 0 Å². The predicted molar refractivity (Wildman–Crippen MR) is 81.6 cm³/mol. The summed E-state index contributed by atoms with van der Waals surface area (Å²) in [5, 5.41) is 17.0. The third-order valence-electron chi connectivity index (χ3n) is 3.47. The highest BCUT2D eigenvalue weighted by atomic mass is 16.6. The lowest BCUT2D eigenvalue weighted by molar-refractivity contribution is -0.384. The molecule has 0 bridgehead atoms. The van der Waals surface area contributed by atoms with E-state index in [0.29, 0.717) is 19.0 Å². The lowest BCUT2D eigenvalue weighted by Gasteiger charge is -2.26. The van der Waals surface area contributed by atoms with Crippen molar-refractivity contribution in [1.29, 1.82) is 0 Å². The van der Waals surface area contributed by atoms with E-state index in [-0.39, 0.29) is 11.5 Å². The molecule has 116 valence electrons. The van der Waals surface area contributed by atoms with Crippen LogP contribution in [0.5, 0.6) is 0 Å². The molecule has 0 aliphatic carbocycles. The van der Waals surface area contributed by atoms with Gasteiger partial charge in [-0.15, -0.1) is 0 Å². The second-order valence-electron chi connectivity index (χ2n) is 5.04. The summed E-state index contributed by atoms with van der Waals surface area (Å²) in [4.78, 5) is 21.0. The number of aromatic nitrogens is 2. The summed E-state index contributed by atoms with van der Waals surface area (Å²) >= 11 is 0. The molecular formula is C13H22N6O2. The van der Waals surface area contributed by atoms with Crippen LogP contribution in [0.2, 0.25) is 0 Å². The van der Waals surface area contributed by atoms with E-state index in [9.17, 15) is 10.1 Å². The average Bonchev–Trinajstić information content (AvgIpc) is 2.49. The van der Waals surface area contributed by atoms with Gasteiger partial charge in [-0.25, -0.2) is 4.98 Å². The molecule has 8 heteroatoms. The van der Waals surface area contributed by atoms with E-state index in [4.69, 9.17) is 0 Å². The van der Waals surface area contributed by atoms with Crippen molar-refractivity contribution in [3.8, 4) is 0 Å². The number of hydrogen-bond donors (Lipinski definition) is 2. The molecule has 21 heavy (non-hydrogen) atoms. The Morgan fingerprint density at radius 3 is 2.76 bits per heavy atom. The fourth-order valence-corrected chi connectivity index (χ4v) is 2.40. The fourth-order valence-electron chi connectivity index (χ4n) is 2.40. The summed E-state index contributed by atoms with van der Waals surface area (Å²) in [6.45, 7) is 6.33. The van der Waals surface area contributed by atoms with Gasteiger partial charge in [0.1, 0.15) is 6.20 Å². The lowest BCUT2D eigenvalue weighted by atomic mass is 10.1. The van der Waals surface area contributed by atoms with Gasteiger partial charge in [-0.1, -0.05) is 6.42 Å². The summed E-state index contributed by atoms with van der Waals surface area (Å²) in [7, 11) is 0. The number of likely N-dealkylation sites (tertiary alicyclic amines) is 1. The molecule has 1 aromatic heterocycles. The van der Waals surface area contributed by atoms with E-state index in [1.165, 1.54) is 25.5 Å². The third-order valence-corrected chi connectivity index (χ3v) is 3.47. The molecule has 2 heterocycles. The van der Waals surface area contributed by atoms with E-state index in [1.54, 1.807) is 0 Å². The monoisotopic (exact) mass is 294 g/mol. The van der Waals surface area contributed by atoms with Crippen molar-refractivity contribution < 1.29 is 4.92 Å². The quantitative estimate of drug-likeness (QED) is 0.583. The van der Waals surface area contributed by atoms with Crippen LogP contribution >= 0.6 is 0 Å². The van der Waals surface area contributed by atoms with Gasteiger partial charge in [-0.3, -0.25) is 10.1 Å². The first kappa shape index (κ1) is 15.4. The Bertz CT molecular complexity index is 476. The predicted octanol–water partition coefficient (Wildman–Crippen LogP) is 1.71. The van der Waals surface area contributed by atoms with Crippen molar-refractivity contribution >= 4 is 17.5 Å². The highest BCUT2D eigenvalue weighted by Crippen LogP contribution is 2.21. The molecule has 0 unspecified atom stereocenters. The molecule has 0 aromatic carbocycles. The van der Waals surface area contributed by atoms with Gasteiger partial charge in [0.05, 0.1) is 4.92 Å². The maximum atomic E-state index is 11.0. The largest absolute Gasteiger partial charge is 0.363 e. The number of piperidine rings is 1. The normalized spacial score (nSPS) is 15.7. The van der Waals surface area contributed by atoms with Gasteiger partial charge in [-0.2, -0.15) is 4.98 Å². The first-order valence-electron chi connectivity index (χ1n) is 7.42. The first-order chi connectivity index (χ1) is 10.2. The SMILES string of the molecule is CCNc1ncc([N+](=O)[O-])c(NCCN2CCCCC2)n1. The Labute approximate surface area is 124 Å². The van der Waals surface area contributed by atoms with Crippen LogP contribution in [0.25, 0.3) is 0 Å². The molecular weight excluding hydrogens is 272 g/mol. The van der Waals surface area contributed by atoms with Gasteiger partial charge in [0.2, 0.25) is 11.8 Å². The van der Waals surface area contributed by atoms with E-state index in [1.807, 2.05) is 6.92 Å². The minimum Gasteiger partial charge on any atom is -0.363 e. The molecule has 1 saturated heterocycles. The highest BCUT2D eigenvalue weighted by Gasteiger charge is 2.17. The molecule has 8 nitrogen and oxygen atoms in total. The topological polar surface area (TPSA) is 96.2 Å². The van der Waals surface area contributed by atoms with Crippen molar-refractivity contribution in [3.05, 3.63) is 16.3 Å². The zero-order valence-corrected chi connectivity index (χ0v) is 12.3. The average molecular weight is 294 g/mol. The number of nitrogens with zero attached hydrogens (tertiary/aromatic N) is 4. The number of rotatable bonds is 7. The standard InChI is InChI=1S/C13H22N6O2/c1-2-14-13-16-10-11(19(20)21)12(17-13)15-6-9-18-7-4-3-5-8-18/h10H,2-9H2,1H3,(H2,14,15,16,17). The molecule has 2 N–H and O–H groups in total. The molecule has 0 spiro atoms. The number of nitrogens with one attached hydrogen (secondary N) is 2. The Balaban J connectivity index is 1.95. The Kier molecular flexibility index (Phi) is 5.68. The molecule has 1 aromatic rings. The minimum absolute atomic E-state index is 0.0877. The van der Waals surface area contributed by atoms with Gasteiger partial charge >= 0.3 is 5.69 Å². The second kappa shape index (κ2) is 7.72. The summed E-state index contributed by atoms with van der Waals surface area (Å²) in [5.74, 6) is 0.687. The fraction of sp³-hybridized carbons (Fsp3) is 0.692. The van der Waals surface area contributed by atoms with Crippen LogP contribution in [0.4, 0.5) is 17.5 Å². The van der Waals surface area contributed by atoms with Crippen LogP contribution in [0.1, 0.15) is 26.2 Å². The summed E-state index contributed by atoms with van der Waals surface area (Å²) < 4.78 is 0. The molecule has 0 radical (unpaired) electrons. The van der Waals surface area contributed by atoms with Crippen LogP contribution < -0.4 is 10.6 Å². The van der Waals surface area contributed by atoms with Crippen molar-refractivity contribution in [2.75, 3.05) is 43.4 Å². The third kappa shape index (κ3) is 4.52. The maximum absolute atomic E-state index is 11.0. The van der Waals surface area contributed by atoms with E-state index < -0.39 is 4.92 Å². The van der Waals surface area contributed by atoms with Gasteiger partial charge in [0, 0.05) is 19.6 Å². The van der Waals surface area contributed by atoms with Crippen LogP contribution in [-0.4, -0.2) is 52.5 Å². The van der Waals surface area contributed by atoms with Crippen molar-refractivity contribution in [1.82, 2.24) is 14.9 Å². The van der Waals surface area contributed by atoms with Gasteiger partial charge in [-0.05, 0) is 32.9 Å². The summed E-state index contributed by atoms with van der Waals surface area (Å²) in [6, 6.07) is 0. The molecule has 0 amide bonds. The minimum atomic E-state index is -0.459. The number of nitro groups is 1. The maximum Gasteiger partial charge on any atom is 0.329 e. The number of hydrogen-bond acceptors (Lipinski definition) is 7. The highest BCUT2D eigenvalue weighted by molar-refractivity contribution is 5.56. The molecule has 1 aliphatic rings. The van der Waals surface area contributed by atoms with Crippen LogP contribution in [0.15, 0.2) is 6.20 Å². The van der Waals surface area contributed by atoms with E-state index in [2.05, 4.69) is 25.5 Å². The second-order valence-corrected chi connectivity index (χ2v) is 5.04. The molecule has 0 atom stereocenters. The molecule has 1 fully saturated rings. The van der Waals surface area contributed by atoms with E-state index in [0.717, 1.165) is 19.6 Å². The summed E-state index contributed by atoms with van der Waals surface area (Å²) in [5.41, 5.74) is -0.0877. The molecule has 0 saturated carbocycles. The van der Waals surface area contributed by atoms with Gasteiger partial charge < -0.3 is 15.5 Å². The zero-order valence-electron chi connectivity index (χ0n) is 12.3. The van der Waals surface area contributed by atoms with Crippen LogP contribution in [0.3, 0.4) is 0 Å². The van der Waals surface area contributed by atoms with Crippen molar-refractivity contribution in [2.24, 2.45) is 0 Å². The Morgan fingerprint density at radius 1 is 1.33 bits per heavy atom. The number of anilines is 2. The van der Waals surface area contributed by atoms with Gasteiger partial charge in [0.15, 0.2) is 0 Å². The van der Waals surface area contributed by atoms with E-state index >= 15 is 0 Å². The summed E-state index contributed by atoms with van der Waals surface area (Å²) in [6.07, 6.45) is 5.01. The Morgan fingerprint density at radius 2 is 2.10 bits per heavy atom. The van der Waals surface area contributed by atoms with Gasteiger partial charge in [0.25, 0.3) is 0 Å². The molecule has 2 rings (SSSR count). The first-order valence-corrected chi connectivity index (χ1v) is 7.42. The zero-order chi connectivity index (χ0) is 15.1. The molecule has 1 aliphatic heterocycles.